The lowest BCUT2D eigenvalue weighted by atomic mass is 10.1. The summed E-state index contributed by atoms with van der Waals surface area (Å²) in [5.41, 5.74) is 1.36. The van der Waals surface area contributed by atoms with E-state index in [0.717, 1.165) is 25.0 Å². The molecule has 0 spiro atoms. The van der Waals surface area contributed by atoms with Gasteiger partial charge in [-0.1, -0.05) is 18.2 Å². The van der Waals surface area contributed by atoms with Crippen molar-refractivity contribution < 1.29 is 0 Å². The normalized spacial score (nSPS) is 12.1. The maximum absolute atomic E-state index is 5.27. The molecule has 0 fully saturated rings. The summed E-state index contributed by atoms with van der Waals surface area (Å²) in [5.74, 6) is 3.80. The molecule has 1 aromatic rings. The Bertz CT molecular complexity index is 367. The van der Waals surface area contributed by atoms with Gasteiger partial charge in [-0.2, -0.15) is 0 Å². The van der Waals surface area contributed by atoms with Crippen LogP contribution < -0.4 is 5.32 Å². The first-order valence-corrected chi connectivity index (χ1v) is 7.05. The maximum atomic E-state index is 5.27. The zero-order valence-electron chi connectivity index (χ0n) is 10.7. The zero-order chi connectivity index (χ0) is 12.5. The van der Waals surface area contributed by atoms with E-state index in [2.05, 4.69) is 42.4 Å². The lowest BCUT2D eigenvalue weighted by molar-refractivity contribution is 0.554. The fourth-order valence-electron chi connectivity index (χ4n) is 1.67. The molecule has 1 rings (SSSR count). The van der Waals surface area contributed by atoms with Crippen LogP contribution in [-0.4, -0.2) is 18.8 Å². The first-order valence-electron chi connectivity index (χ1n) is 6.07. The van der Waals surface area contributed by atoms with Crippen LogP contribution in [0.1, 0.15) is 24.8 Å². The highest BCUT2D eigenvalue weighted by atomic mass is 32.2. The van der Waals surface area contributed by atoms with Crippen molar-refractivity contribution >= 4 is 11.8 Å². The zero-order valence-corrected chi connectivity index (χ0v) is 11.5. The third-order valence-electron chi connectivity index (χ3n) is 2.82. The van der Waals surface area contributed by atoms with E-state index in [9.17, 15) is 0 Å². The van der Waals surface area contributed by atoms with Gasteiger partial charge in [-0.15, -0.1) is 24.1 Å². The van der Waals surface area contributed by atoms with Gasteiger partial charge >= 0.3 is 0 Å². The Balaban J connectivity index is 2.37. The lowest BCUT2D eigenvalue weighted by Gasteiger charge is -2.15. The number of nitrogens with one attached hydrogen (secondary N) is 1. The van der Waals surface area contributed by atoms with Gasteiger partial charge in [0.2, 0.25) is 0 Å². The van der Waals surface area contributed by atoms with Crippen LogP contribution in [0.2, 0.25) is 0 Å². The van der Waals surface area contributed by atoms with Crippen molar-refractivity contribution in [2.75, 3.05) is 12.8 Å². The molecule has 2 heteroatoms. The molecule has 0 heterocycles. The van der Waals surface area contributed by atoms with Gasteiger partial charge in [0.15, 0.2) is 0 Å². The molecule has 1 N–H and O–H groups in total. The number of benzene rings is 1. The Labute approximate surface area is 109 Å². The standard InChI is InChI=1S/C15H21NS/c1-4-5-6-10-14(16-3)12-17-15-11-8-7-9-13(15)2/h1,7-9,11,14,16H,5-6,10,12H2,2-3H3. The minimum atomic E-state index is 0.549. The molecule has 0 radical (unpaired) electrons. The van der Waals surface area contributed by atoms with Crippen LogP contribution in [0.5, 0.6) is 0 Å². The molecule has 0 saturated heterocycles. The minimum Gasteiger partial charge on any atom is -0.316 e. The smallest absolute Gasteiger partial charge is 0.0159 e. The fraction of sp³-hybridized carbons (Fsp3) is 0.467. The molecule has 1 aromatic carbocycles. The second kappa shape index (κ2) is 8.22. The summed E-state index contributed by atoms with van der Waals surface area (Å²) in [6.07, 6.45) is 8.41. The quantitative estimate of drug-likeness (QED) is 0.450. The topological polar surface area (TPSA) is 12.0 Å². The predicted molar refractivity (Wildman–Crippen MR) is 77.4 cm³/mol. The molecule has 1 unspecified atom stereocenters. The highest BCUT2D eigenvalue weighted by molar-refractivity contribution is 7.99. The van der Waals surface area contributed by atoms with E-state index in [0.29, 0.717) is 6.04 Å². The van der Waals surface area contributed by atoms with Crippen molar-refractivity contribution in [1.29, 1.82) is 0 Å². The van der Waals surface area contributed by atoms with Gasteiger partial charge in [0.25, 0.3) is 0 Å². The average Bonchev–Trinajstić information content (AvgIpc) is 2.35. The van der Waals surface area contributed by atoms with Gasteiger partial charge in [-0.25, -0.2) is 0 Å². The molecule has 1 atom stereocenters. The molecule has 0 saturated carbocycles. The van der Waals surface area contributed by atoms with Crippen molar-refractivity contribution in [2.24, 2.45) is 0 Å². The molecular weight excluding hydrogens is 226 g/mol. The number of rotatable bonds is 7. The van der Waals surface area contributed by atoms with Crippen molar-refractivity contribution in [1.82, 2.24) is 5.32 Å². The third-order valence-corrected chi connectivity index (χ3v) is 4.15. The van der Waals surface area contributed by atoms with Crippen LogP contribution in [0.3, 0.4) is 0 Å². The van der Waals surface area contributed by atoms with Crippen LogP contribution in [0.4, 0.5) is 0 Å². The molecule has 0 aromatic heterocycles. The van der Waals surface area contributed by atoms with E-state index in [1.807, 2.05) is 18.8 Å². The van der Waals surface area contributed by atoms with Gasteiger partial charge in [0.1, 0.15) is 0 Å². The largest absolute Gasteiger partial charge is 0.316 e. The minimum absolute atomic E-state index is 0.549. The van der Waals surface area contributed by atoms with E-state index in [4.69, 9.17) is 6.42 Å². The fourth-order valence-corrected chi connectivity index (χ4v) is 2.85. The summed E-state index contributed by atoms with van der Waals surface area (Å²) in [4.78, 5) is 1.38. The molecule has 92 valence electrons. The van der Waals surface area contributed by atoms with Crippen LogP contribution in [0, 0.1) is 19.3 Å². The van der Waals surface area contributed by atoms with Crippen LogP contribution >= 0.6 is 11.8 Å². The number of terminal acetylenes is 1. The number of thioether (sulfide) groups is 1. The van der Waals surface area contributed by atoms with Gasteiger partial charge in [0.05, 0.1) is 0 Å². The lowest BCUT2D eigenvalue weighted by Crippen LogP contribution is -2.27. The molecule has 0 bridgehead atoms. The molecule has 17 heavy (non-hydrogen) atoms. The first kappa shape index (κ1) is 14.2. The summed E-state index contributed by atoms with van der Waals surface area (Å²) >= 11 is 1.92. The second-order valence-corrected chi connectivity index (χ2v) is 5.22. The van der Waals surface area contributed by atoms with E-state index in [-0.39, 0.29) is 0 Å². The number of unbranched alkanes of at least 4 members (excludes halogenated alkanes) is 1. The van der Waals surface area contributed by atoms with Crippen LogP contribution in [0.15, 0.2) is 29.2 Å². The Morgan fingerprint density at radius 2 is 2.18 bits per heavy atom. The van der Waals surface area contributed by atoms with Gasteiger partial charge < -0.3 is 5.32 Å². The number of hydrogen-bond acceptors (Lipinski definition) is 2. The Morgan fingerprint density at radius 3 is 2.82 bits per heavy atom. The first-order chi connectivity index (χ1) is 8.27. The van der Waals surface area contributed by atoms with Gasteiger partial charge in [-0.3, -0.25) is 0 Å². The molecule has 0 amide bonds. The van der Waals surface area contributed by atoms with Crippen LogP contribution in [-0.2, 0) is 0 Å². The highest BCUT2D eigenvalue weighted by Gasteiger charge is 2.07. The summed E-state index contributed by atoms with van der Waals surface area (Å²) in [6, 6.07) is 9.08. The van der Waals surface area contributed by atoms with E-state index >= 15 is 0 Å². The predicted octanol–water partition coefficient (Wildman–Crippen LogP) is 3.48. The van der Waals surface area contributed by atoms with E-state index in [1.54, 1.807) is 0 Å². The van der Waals surface area contributed by atoms with Crippen molar-refractivity contribution in [3.05, 3.63) is 29.8 Å². The molecule has 0 aliphatic carbocycles. The number of hydrogen-bond donors (Lipinski definition) is 1. The highest BCUT2D eigenvalue weighted by Crippen LogP contribution is 2.23. The summed E-state index contributed by atoms with van der Waals surface area (Å²) < 4.78 is 0. The second-order valence-electron chi connectivity index (χ2n) is 4.16. The summed E-state index contributed by atoms with van der Waals surface area (Å²) in [6.45, 7) is 2.16. The molecule has 0 aliphatic rings. The average molecular weight is 247 g/mol. The van der Waals surface area contributed by atoms with E-state index < -0.39 is 0 Å². The Kier molecular flexibility index (Phi) is 6.84. The number of aryl methyl sites for hydroxylation is 1. The third kappa shape index (κ3) is 5.30. The molecular formula is C15H21NS. The summed E-state index contributed by atoms with van der Waals surface area (Å²) in [5, 5.41) is 3.36. The van der Waals surface area contributed by atoms with Crippen LogP contribution in [0.25, 0.3) is 0 Å². The summed E-state index contributed by atoms with van der Waals surface area (Å²) in [7, 11) is 2.03. The maximum Gasteiger partial charge on any atom is 0.0159 e. The van der Waals surface area contributed by atoms with Crippen molar-refractivity contribution in [3.8, 4) is 12.3 Å². The van der Waals surface area contributed by atoms with E-state index in [1.165, 1.54) is 10.5 Å². The van der Waals surface area contributed by atoms with Gasteiger partial charge in [0, 0.05) is 23.1 Å². The molecule has 1 nitrogen and oxygen atoms in total. The van der Waals surface area contributed by atoms with Gasteiger partial charge in [-0.05, 0) is 38.4 Å². The van der Waals surface area contributed by atoms with Crippen molar-refractivity contribution in [3.63, 3.8) is 0 Å². The molecule has 0 aliphatic heterocycles. The Hall–Kier alpha value is -0.910. The SMILES string of the molecule is C#CCCCC(CSc1ccccc1C)NC. The van der Waals surface area contributed by atoms with Crippen molar-refractivity contribution in [2.45, 2.75) is 37.1 Å². The Morgan fingerprint density at radius 1 is 1.41 bits per heavy atom. The monoisotopic (exact) mass is 247 g/mol.